The summed E-state index contributed by atoms with van der Waals surface area (Å²) in [7, 11) is 1.92. The van der Waals surface area contributed by atoms with Crippen molar-refractivity contribution in [2.24, 2.45) is 7.05 Å². The van der Waals surface area contributed by atoms with E-state index in [1.54, 1.807) is 0 Å². The molecule has 0 aliphatic rings. The van der Waals surface area contributed by atoms with Gasteiger partial charge in [-0.15, -0.1) is 0 Å². The molecule has 1 rings (SSSR count). The Morgan fingerprint density at radius 3 is 2.56 bits per heavy atom. The van der Waals surface area contributed by atoms with E-state index in [0.717, 1.165) is 34.7 Å². The minimum absolute atomic E-state index is 0.102. The van der Waals surface area contributed by atoms with E-state index in [0.29, 0.717) is 0 Å². The molecule has 0 aliphatic heterocycles. The highest BCUT2D eigenvalue weighted by atomic mass is 79.9. The van der Waals surface area contributed by atoms with Gasteiger partial charge in [0.15, 0.2) is 0 Å². The Kier molecular flexibility index (Phi) is 4.83. The van der Waals surface area contributed by atoms with Gasteiger partial charge >= 0.3 is 0 Å². The predicted octanol–water partition coefficient (Wildman–Crippen LogP) is 3.04. The molecule has 0 aliphatic carbocycles. The predicted molar refractivity (Wildman–Crippen MR) is 72.3 cm³/mol. The highest BCUT2D eigenvalue weighted by Gasteiger charge is 2.18. The van der Waals surface area contributed by atoms with E-state index in [1.807, 2.05) is 18.7 Å². The van der Waals surface area contributed by atoms with E-state index in [1.165, 1.54) is 0 Å². The fourth-order valence-corrected chi connectivity index (χ4v) is 2.74. The van der Waals surface area contributed by atoms with Gasteiger partial charge in [-0.05, 0) is 27.2 Å². The largest absolute Gasteiger partial charge is 0.306 e. The number of aromatic nitrogens is 2. The Morgan fingerprint density at radius 2 is 2.12 bits per heavy atom. The first-order valence-corrected chi connectivity index (χ1v) is 6.86. The second-order valence-corrected chi connectivity index (χ2v) is 5.82. The van der Waals surface area contributed by atoms with E-state index in [-0.39, 0.29) is 5.54 Å². The number of alkyl halides is 1. The third kappa shape index (κ3) is 3.47. The van der Waals surface area contributed by atoms with Crippen molar-refractivity contribution < 1.29 is 0 Å². The Balaban J connectivity index is 2.67. The van der Waals surface area contributed by atoms with Gasteiger partial charge in [0.1, 0.15) is 0 Å². The summed E-state index contributed by atoms with van der Waals surface area (Å²) < 4.78 is 1.84. The van der Waals surface area contributed by atoms with Crippen molar-refractivity contribution in [3.05, 3.63) is 16.4 Å². The smallest absolute Gasteiger partial charge is 0.0860 e. The van der Waals surface area contributed by atoms with Crippen LogP contribution in [0.2, 0.25) is 5.02 Å². The summed E-state index contributed by atoms with van der Waals surface area (Å²) in [5.41, 5.74) is 2.03. The van der Waals surface area contributed by atoms with Gasteiger partial charge in [-0.3, -0.25) is 4.68 Å². The van der Waals surface area contributed by atoms with Crippen molar-refractivity contribution in [1.29, 1.82) is 0 Å². The number of hydrogen-bond acceptors (Lipinski definition) is 2. The molecule has 0 fully saturated rings. The SMILES string of the molecule is Cc1nn(C)c(CNC(C)(C)CCBr)c1Cl. The van der Waals surface area contributed by atoms with Crippen LogP contribution in [0.15, 0.2) is 0 Å². The maximum absolute atomic E-state index is 6.19. The molecule has 0 unspecified atom stereocenters. The number of nitrogens with one attached hydrogen (secondary N) is 1. The van der Waals surface area contributed by atoms with Crippen LogP contribution < -0.4 is 5.32 Å². The van der Waals surface area contributed by atoms with Gasteiger partial charge in [-0.1, -0.05) is 27.5 Å². The van der Waals surface area contributed by atoms with Crippen LogP contribution in [0.1, 0.15) is 31.7 Å². The van der Waals surface area contributed by atoms with Crippen LogP contribution in [-0.2, 0) is 13.6 Å². The molecule has 1 N–H and O–H groups in total. The lowest BCUT2D eigenvalue weighted by molar-refractivity contribution is 0.372. The van der Waals surface area contributed by atoms with Crippen molar-refractivity contribution in [2.45, 2.75) is 39.3 Å². The number of nitrogens with zero attached hydrogens (tertiary/aromatic N) is 2. The number of rotatable bonds is 5. The van der Waals surface area contributed by atoms with Crippen molar-refractivity contribution in [3.8, 4) is 0 Å². The number of aryl methyl sites for hydroxylation is 2. The topological polar surface area (TPSA) is 29.9 Å². The van der Waals surface area contributed by atoms with E-state index < -0.39 is 0 Å². The van der Waals surface area contributed by atoms with Crippen LogP contribution in [0.3, 0.4) is 0 Å². The molecule has 0 saturated heterocycles. The zero-order chi connectivity index (χ0) is 12.3. The molecule has 16 heavy (non-hydrogen) atoms. The van der Waals surface area contributed by atoms with E-state index in [9.17, 15) is 0 Å². The van der Waals surface area contributed by atoms with E-state index in [2.05, 4.69) is 40.2 Å². The zero-order valence-corrected chi connectivity index (χ0v) is 12.6. The monoisotopic (exact) mass is 307 g/mol. The summed E-state index contributed by atoms with van der Waals surface area (Å²) in [6.45, 7) is 7.04. The highest BCUT2D eigenvalue weighted by Crippen LogP contribution is 2.20. The molecule has 0 amide bonds. The molecule has 0 spiro atoms. The van der Waals surface area contributed by atoms with Crippen LogP contribution >= 0.6 is 27.5 Å². The molecule has 0 bridgehead atoms. The van der Waals surface area contributed by atoms with E-state index in [4.69, 9.17) is 11.6 Å². The molecule has 1 aromatic heterocycles. The fourth-order valence-electron chi connectivity index (χ4n) is 1.52. The molecule has 1 aromatic rings. The molecule has 0 aromatic carbocycles. The molecule has 92 valence electrons. The number of hydrogen-bond donors (Lipinski definition) is 1. The lowest BCUT2D eigenvalue weighted by Gasteiger charge is -2.25. The van der Waals surface area contributed by atoms with Gasteiger partial charge in [0, 0.05) is 24.5 Å². The summed E-state index contributed by atoms with van der Waals surface area (Å²) in [4.78, 5) is 0. The molecule has 0 radical (unpaired) electrons. The Bertz CT molecular complexity index is 360. The molecule has 1 heterocycles. The summed E-state index contributed by atoms with van der Waals surface area (Å²) in [6.07, 6.45) is 1.07. The minimum Gasteiger partial charge on any atom is -0.306 e. The van der Waals surface area contributed by atoms with Crippen LogP contribution in [0.25, 0.3) is 0 Å². The van der Waals surface area contributed by atoms with Gasteiger partial charge < -0.3 is 5.32 Å². The molecular formula is C11H19BrClN3. The van der Waals surface area contributed by atoms with Crippen molar-refractivity contribution in [2.75, 3.05) is 5.33 Å². The Morgan fingerprint density at radius 1 is 1.50 bits per heavy atom. The highest BCUT2D eigenvalue weighted by molar-refractivity contribution is 9.09. The third-order valence-corrected chi connectivity index (χ3v) is 3.60. The lowest BCUT2D eigenvalue weighted by atomic mass is 10.0. The molecule has 5 heteroatoms. The molecule has 3 nitrogen and oxygen atoms in total. The third-order valence-electron chi connectivity index (χ3n) is 2.72. The Hall–Kier alpha value is -0.0600. The van der Waals surface area contributed by atoms with Gasteiger partial charge in [-0.2, -0.15) is 5.10 Å². The van der Waals surface area contributed by atoms with Crippen molar-refractivity contribution in [3.63, 3.8) is 0 Å². The maximum Gasteiger partial charge on any atom is 0.0860 e. The maximum atomic E-state index is 6.19. The van der Waals surface area contributed by atoms with Crippen molar-refractivity contribution in [1.82, 2.24) is 15.1 Å². The lowest BCUT2D eigenvalue weighted by Crippen LogP contribution is -2.39. The second-order valence-electron chi connectivity index (χ2n) is 4.65. The van der Waals surface area contributed by atoms with Crippen LogP contribution in [-0.4, -0.2) is 20.6 Å². The Labute approximate surface area is 111 Å². The first-order chi connectivity index (χ1) is 7.37. The van der Waals surface area contributed by atoms with Crippen LogP contribution in [0.4, 0.5) is 0 Å². The molecule has 0 saturated carbocycles. The van der Waals surface area contributed by atoms with Crippen molar-refractivity contribution >= 4 is 27.5 Å². The average Bonchev–Trinajstić information content (AvgIpc) is 2.39. The molecule has 0 atom stereocenters. The quantitative estimate of drug-likeness (QED) is 0.847. The zero-order valence-electron chi connectivity index (χ0n) is 10.3. The van der Waals surface area contributed by atoms with Crippen LogP contribution in [0.5, 0.6) is 0 Å². The summed E-state index contributed by atoms with van der Waals surface area (Å²) in [6, 6.07) is 0. The van der Waals surface area contributed by atoms with Crippen LogP contribution in [0, 0.1) is 6.92 Å². The number of halogens is 2. The van der Waals surface area contributed by atoms with E-state index >= 15 is 0 Å². The summed E-state index contributed by atoms with van der Waals surface area (Å²) in [5.74, 6) is 0. The first kappa shape index (κ1) is 14.0. The molecular weight excluding hydrogens is 289 g/mol. The average molecular weight is 309 g/mol. The van der Waals surface area contributed by atoms with Gasteiger partial charge in [-0.25, -0.2) is 0 Å². The fraction of sp³-hybridized carbons (Fsp3) is 0.727. The van der Waals surface area contributed by atoms with Gasteiger partial charge in [0.25, 0.3) is 0 Å². The second kappa shape index (κ2) is 5.52. The summed E-state index contributed by atoms with van der Waals surface area (Å²) >= 11 is 9.65. The normalized spacial score (nSPS) is 12.1. The van der Waals surface area contributed by atoms with Gasteiger partial charge in [0.2, 0.25) is 0 Å². The standard InChI is InChI=1S/C11H19BrClN3/c1-8-10(13)9(16(4)15-8)7-14-11(2,3)5-6-12/h14H,5-7H2,1-4H3. The minimum atomic E-state index is 0.102. The first-order valence-electron chi connectivity index (χ1n) is 5.36. The van der Waals surface area contributed by atoms with Gasteiger partial charge in [0.05, 0.1) is 16.4 Å². The summed E-state index contributed by atoms with van der Waals surface area (Å²) in [5, 5.41) is 9.55.